The fraction of sp³-hybridized carbons (Fsp3) is 0.467. The summed E-state index contributed by atoms with van der Waals surface area (Å²) in [6, 6.07) is 5.39. The first-order chi connectivity index (χ1) is 10.5. The zero-order chi connectivity index (χ0) is 15.7. The van der Waals surface area contributed by atoms with Crippen molar-refractivity contribution in [3.63, 3.8) is 0 Å². The Hall–Kier alpha value is -1.11. The summed E-state index contributed by atoms with van der Waals surface area (Å²) in [5.74, 6) is 1.44. The van der Waals surface area contributed by atoms with Crippen LogP contribution in [0.25, 0.3) is 0 Å². The van der Waals surface area contributed by atoms with Gasteiger partial charge < -0.3 is 14.4 Å². The zero-order valence-electron chi connectivity index (χ0n) is 12.1. The summed E-state index contributed by atoms with van der Waals surface area (Å²) in [5.41, 5.74) is -0.678. The number of halogens is 2. The second-order valence-corrected chi connectivity index (χ2v) is 6.96. The Balaban J connectivity index is 1.67. The minimum Gasteiger partial charge on any atom is -0.481 e. The summed E-state index contributed by atoms with van der Waals surface area (Å²) in [6.07, 6.45) is 2.61. The van der Waals surface area contributed by atoms with Gasteiger partial charge in [-0.25, -0.2) is 0 Å². The van der Waals surface area contributed by atoms with E-state index in [2.05, 4.69) is 26.1 Å². The summed E-state index contributed by atoms with van der Waals surface area (Å²) < 4.78 is 11.9. The van der Waals surface area contributed by atoms with Crippen molar-refractivity contribution in [3.8, 4) is 5.75 Å². The lowest BCUT2D eigenvalue weighted by Gasteiger charge is -2.35. The van der Waals surface area contributed by atoms with Gasteiger partial charge in [0.15, 0.2) is 6.10 Å². The van der Waals surface area contributed by atoms with Crippen LogP contribution in [0.3, 0.4) is 0 Å². The van der Waals surface area contributed by atoms with Crippen LogP contribution in [0.4, 0.5) is 0 Å². The van der Waals surface area contributed by atoms with Crippen LogP contribution >= 0.6 is 27.5 Å². The molecule has 7 heteroatoms. The van der Waals surface area contributed by atoms with E-state index in [0.717, 1.165) is 23.7 Å². The summed E-state index contributed by atoms with van der Waals surface area (Å²) in [7, 11) is 0. The van der Waals surface area contributed by atoms with Crippen LogP contribution in [-0.4, -0.2) is 20.8 Å². The zero-order valence-corrected chi connectivity index (χ0v) is 14.4. The van der Waals surface area contributed by atoms with Gasteiger partial charge in [0.05, 0.1) is 17.0 Å². The quantitative estimate of drug-likeness (QED) is 0.837. The maximum atomic E-state index is 10.1. The van der Waals surface area contributed by atoms with Gasteiger partial charge in [0.1, 0.15) is 5.75 Å². The van der Waals surface area contributed by atoms with Crippen LogP contribution in [0.2, 0.25) is 5.02 Å². The van der Waals surface area contributed by atoms with Crippen LogP contribution in [-0.2, 0) is 6.42 Å². The van der Waals surface area contributed by atoms with E-state index in [0.29, 0.717) is 28.9 Å². The first-order valence-corrected chi connectivity index (χ1v) is 8.29. The molecule has 1 aliphatic carbocycles. The van der Waals surface area contributed by atoms with Crippen molar-refractivity contribution in [2.45, 2.75) is 44.3 Å². The van der Waals surface area contributed by atoms with Crippen molar-refractivity contribution in [2.24, 2.45) is 0 Å². The number of aliphatic hydroxyl groups is 1. The number of rotatable bonds is 5. The molecule has 1 unspecified atom stereocenters. The molecule has 1 aromatic heterocycles. The molecule has 22 heavy (non-hydrogen) atoms. The molecule has 1 atom stereocenters. The Morgan fingerprint density at radius 2 is 2.27 bits per heavy atom. The van der Waals surface area contributed by atoms with E-state index in [-0.39, 0.29) is 0 Å². The highest BCUT2D eigenvalue weighted by Gasteiger charge is 2.36. The summed E-state index contributed by atoms with van der Waals surface area (Å²) >= 11 is 9.48. The van der Waals surface area contributed by atoms with Gasteiger partial charge in [-0.1, -0.05) is 32.7 Å². The van der Waals surface area contributed by atoms with E-state index in [9.17, 15) is 5.11 Å². The van der Waals surface area contributed by atoms with Gasteiger partial charge in [0.2, 0.25) is 11.7 Å². The molecule has 0 bridgehead atoms. The van der Waals surface area contributed by atoms with Gasteiger partial charge in [0, 0.05) is 4.47 Å². The van der Waals surface area contributed by atoms with Crippen LogP contribution < -0.4 is 4.74 Å². The summed E-state index contributed by atoms with van der Waals surface area (Å²) in [5, 5.41) is 14.6. The highest BCUT2D eigenvalue weighted by Crippen LogP contribution is 2.35. The van der Waals surface area contributed by atoms with Crippen molar-refractivity contribution < 1.29 is 14.4 Å². The number of ether oxygens (including phenoxy) is 1. The van der Waals surface area contributed by atoms with Crippen LogP contribution in [0, 0.1) is 0 Å². The van der Waals surface area contributed by atoms with E-state index < -0.39 is 11.7 Å². The second kappa shape index (κ2) is 6.18. The van der Waals surface area contributed by atoms with Crippen LogP contribution in [0.15, 0.2) is 27.2 Å². The first-order valence-electron chi connectivity index (χ1n) is 7.12. The molecular formula is C15H16BrClN2O3. The van der Waals surface area contributed by atoms with E-state index in [1.807, 2.05) is 13.0 Å². The second-order valence-electron chi connectivity index (χ2n) is 5.64. The first kappa shape index (κ1) is 15.8. The number of hydrogen-bond donors (Lipinski definition) is 1. The Morgan fingerprint density at radius 3 is 2.91 bits per heavy atom. The van der Waals surface area contributed by atoms with Crippen molar-refractivity contribution in [1.29, 1.82) is 0 Å². The molecule has 0 amide bonds. The third-order valence-corrected chi connectivity index (χ3v) is 4.60. The fourth-order valence-corrected chi connectivity index (χ4v) is 3.08. The number of hydrogen-bond acceptors (Lipinski definition) is 5. The lowest BCUT2D eigenvalue weighted by molar-refractivity contribution is -0.0378. The van der Waals surface area contributed by atoms with Crippen molar-refractivity contribution in [3.05, 3.63) is 39.4 Å². The SMILES string of the molecule is CC(Oc1ccc(Br)cc1Cl)c1noc(CC2(O)CCC2)n1. The molecule has 1 aliphatic rings. The third kappa shape index (κ3) is 3.45. The Morgan fingerprint density at radius 1 is 1.50 bits per heavy atom. The maximum absolute atomic E-state index is 10.1. The normalized spacial score (nSPS) is 17.8. The van der Waals surface area contributed by atoms with Crippen molar-refractivity contribution in [1.82, 2.24) is 10.1 Å². The average molecular weight is 388 g/mol. The average Bonchev–Trinajstić information content (AvgIpc) is 2.88. The van der Waals surface area contributed by atoms with Crippen molar-refractivity contribution >= 4 is 27.5 Å². The minimum absolute atomic E-state index is 0.395. The van der Waals surface area contributed by atoms with Gasteiger partial charge in [-0.05, 0) is 44.4 Å². The Bertz CT molecular complexity index is 673. The molecule has 0 saturated heterocycles. The van der Waals surface area contributed by atoms with Gasteiger partial charge in [0.25, 0.3) is 0 Å². The van der Waals surface area contributed by atoms with Crippen LogP contribution in [0.5, 0.6) is 5.75 Å². The molecule has 2 aromatic rings. The molecule has 1 aromatic carbocycles. The van der Waals surface area contributed by atoms with Gasteiger partial charge in [-0.2, -0.15) is 4.98 Å². The highest BCUT2D eigenvalue weighted by atomic mass is 79.9. The van der Waals surface area contributed by atoms with E-state index >= 15 is 0 Å². The molecule has 1 heterocycles. The lowest BCUT2D eigenvalue weighted by atomic mass is 9.78. The van der Waals surface area contributed by atoms with Crippen molar-refractivity contribution in [2.75, 3.05) is 0 Å². The molecule has 5 nitrogen and oxygen atoms in total. The number of aromatic nitrogens is 2. The largest absolute Gasteiger partial charge is 0.481 e. The van der Waals surface area contributed by atoms with Crippen LogP contribution in [0.1, 0.15) is 44.0 Å². The molecule has 0 radical (unpaired) electrons. The Labute approximate surface area is 141 Å². The maximum Gasteiger partial charge on any atom is 0.229 e. The molecule has 3 rings (SSSR count). The topological polar surface area (TPSA) is 68.4 Å². The predicted octanol–water partition coefficient (Wildman–Crippen LogP) is 4.08. The molecular weight excluding hydrogens is 372 g/mol. The van der Waals surface area contributed by atoms with E-state index in [1.54, 1.807) is 12.1 Å². The third-order valence-electron chi connectivity index (χ3n) is 3.81. The minimum atomic E-state index is -0.678. The molecule has 0 spiro atoms. The monoisotopic (exact) mass is 386 g/mol. The summed E-state index contributed by atoms with van der Waals surface area (Å²) in [4.78, 5) is 4.31. The highest BCUT2D eigenvalue weighted by molar-refractivity contribution is 9.10. The van der Waals surface area contributed by atoms with Gasteiger partial charge in [-0.15, -0.1) is 0 Å². The lowest BCUT2D eigenvalue weighted by Crippen LogP contribution is -2.39. The molecule has 1 saturated carbocycles. The summed E-state index contributed by atoms with van der Waals surface area (Å²) in [6.45, 7) is 1.82. The smallest absolute Gasteiger partial charge is 0.229 e. The standard InChI is InChI=1S/C15H16BrClN2O3/c1-9(21-12-4-3-10(16)7-11(12)17)14-18-13(22-19-14)8-15(20)5-2-6-15/h3-4,7,9,20H,2,5-6,8H2,1H3. The fourth-order valence-electron chi connectivity index (χ4n) is 2.36. The predicted molar refractivity (Wildman–Crippen MR) is 85.0 cm³/mol. The molecule has 0 aliphatic heterocycles. The molecule has 118 valence electrons. The molecule has 1 N–H and O–H groups in total. The van der Waals surface area contributed by atoms with Gasteiger partial charge >= 0.3 is 0 Å². The number of nitrogens with zero attached hydrogens (tertiary/aromatic N) is 2. The Kier molecular flexibility index (Phi) is 4.43. The molecule has 1 fully saturated rings. The van der Waals surface area contributed by atoms with E-state index in [4.69, 9.17) is 20.9 Å². The number of benzene rings is 1. The van der Waals surface area contributed by atoms with E-state index in [1.165, 1.54) is 0 Å². The van der Waals surface area contributed by atoms with Gasteiger partial charge in [-0.3, -0.25) is 0 Å².